The number of hydrogen-bond donors (Lipinski definition) is 2. The highest BCUT2D eigenvalue weighted by Crippen LogP contribution is 2.41. The van der Waals surface area contributed by atoms with E-state index in [-0.39, 0.29) is 54.9 Å². The van der Waals surface area contributed by atoms with Crippen LogP contribution in [0.3, 0.4) is 0 Å². The summed E-state index contributed by atoms with van der Waals surface area (Å²) in [6.07, 6.45) is -1.76. The summed E-state index contributed by atoms with van der Waals surface area (Å²) in [7, 11) is -2.40. The molecule has 3 aromatic heterocycles. The van der Waals surface area contributed by atoms with Gasteiger partial charge in [-0.1, -0.05) is 35.7 Å². The number of alkyl halides is 3. The molecule has 0 aliphatic carbocycles. The molecule has 21 heteroatoms. The third kappa shape index (κ3) is 12.1. The van der Waals surface area contributed by atoms with Crippen molar-refractivity contribution in [2.45, 2.75) is 77.7 Å². The number of aryl methyl sites for hydroxylation is 2. The molecule has 410 valence electrons. The molecule has 78 heavy (non-hydrogen) atoms. The summed E-state index contributed by atoms with van der Waals surface area (Å²) in [5.41, 5.74) is 6.00. The predicted octanol–water partition coefficient (Wildman–Crippen LogP) is 8.90. The SMILES string of the molecule is Cc1sc2c(c1C)C(c1ccc(Cl)cc1)=N[C@@H](CC(=O)N1CCC(C(=O)N3CCN(C(=O)CN4CCC(Nc5cccc6c5cc(C#CCNc5ccc(P(C)(C)=O)cc5)n6CC(F)(F)F)CC4)CC3)CC1)c1nnc(C)n1-2. The monoisotopic (exact) mass is 1120 g/mol. The quantitative estimate of drug-likeness (QED) is 0.0904. The topological polar surface area (TPSA) is 153 Å². The number of piperidine rings is 2. The van der Waals surface area contributed by atoms with Crippen LogP contribution >= 0.6 is 30.1 Å². The number of hydrogen-bond acceptors (Lipinski definition) is 11. The van der Waals surface area contributed by atoms with Gasteiger partial charge >= 0.3 is 6.18 Å². The zero-order valence-electron chi connectivity index (χ0n) is 44.5. The average molecular weight is 1120 g/mol. The van der Waals surface area contributed by atoms with Gasteiger partial charge < -0.3 is 34.5 Å². The Morgan fingerprint density at radius 1 is 0.833 bits per heavy atom. The van der Waals surface area contributed by atoms with Crippen molar-refractivity contribution >= 4 is 81.1 Å². The number of aromatic nitrogens is 4. The van der Waals surface area contributed by atoms with Crippen LogP contribution in [0.4, 0.5) is 24.5 Å². The van der Waals surface area contributed by atoms with Crippen molar-refractivity contribution < 1.29 is 32.1 Å². The Hall–Kier alpha value is -6.45. The molecule has 0 unspecified atom stereocenters. The zero-order chi connectivity index (χ0) is 55.0. The summed E-state index contributed by atoms with van der Waals surface area (Å²) < 4.78 is 57.4. The number of carbonyl (C=O) groups is 3. The van der Waals surface area contributed by atoms with Crippen LogP contribution in [0.15, 0.2) is 77.8 Å². The van der Waals surface area contributed by atoms with E-state index in [0.717, 1.165) is 62.7 Å². The summed E-state index contributed by atoms with van der Waals surface area (Å²) in [4.78, 5) is 55.7. The summed E-state index contributed by atoms with van der Waals surface area (Å²) in [6.45, 7) is 12.9. The van der Waals surface area contributed by atoms with Crippen molar-refractivity contribution in [3.05, 3.63) is 117 Å². The smallest absolute Gasteiger partial charge is 0.382 e. The number of thiophene rings is 1. The fraction of sp³-hybridized carbons (Fsp3) is 0.439. The number of likely N-dealkylation sites (tertiary alicyclic amines) is 2. The van der Waals surface area contributed by atoms with Gasteiger partial charge in [0.2, 0.25) is 17.7 Å². The summed E-state index contributed by atoms with van der Waals surface area (Å²) in [6, 6.07) is 21.3. The van der Waals surface area contributed by atoms with Gasteiger partial charge in [-0.15, -0.1) is 21.5 Å². The van der Waals surface area contributed by atoms with Gasteiger partial charge in [0.05, 0.1) is 36.4 Å². The standard InChI is InChI=1S/C57H64ClF3N11O4PS/c1-36-37(2)78-56-52(36)53(39-11-13-41(58)14-12-39)64-48(54-66-65-38(3)72(54)56)33-50(73)68-26-19-40(20-27-68)55(75)70-30-28-69(29-31-70)51(74)34-67-24-21-43(22-25-67)63-47-9-6-10-49-46(47)32-44(71(49)35-57(59,60)61)8-7-23-62-42-15-17-45(18-16-42)77(4,5)76/h6,9-18,32,40,43,48,62-63H,19-31,33-35H2,1-5H3/t48-/m0/s1. The number of nitrogens with one attached hydrogen (secondary N) is 2. The third-order valence-corrected chi connectivity index (χ3v) is 18.5. The number of aliphatic imine (C=N–C) groups is 1. The van der Waals surface area contributed by atoms with Crippen molar-refractivity contribution in [2.24, 2.45) is 10.9 Å². The van der Waals surface area contributed by atoms with Crippen molar-refractivity contribution in [2.75, 3.05) is 89.4 Å². The molecule has 0 saturated carbocycles. The van der Waals surface area contributed by atoms with Gasteiger partial charge in [-0.25, -0.2) is 0 Å². The van der Waals surface area contributed by atoms with Crippen LogP contribution in [-0.2, 0) is 25.5 Å². The van der Waals surface area contributed by atoms with Gasteiger partial charge in [0.25, 0.3) is 0 Å². The van der Waals surface area contributed by atoms with E-state index in [1.54, 1.807) is 55.0 Å². The molecule has 3 saturated heterocycles. The summed E-state index contributed by atoms with van der Waals surface area (Å²) in [5.74, 6) is 7.12. The number of fused-ring (bicyclic) bond motifs is 4. The number of carbonyl (C=O) groups excluding carboxylic acids is 3. The lowest BCUT2D eigenvalue weighted by atomic mass is 9.94. The highest BCUT2D eigenvalue weighted by molar-refractivity contribution is 7.70. The minimum Gasteiger partial charge on any atom is -0.382 e. The Morgan fingerprint density at radius 2 is 1.51 bits per heavy atom. The van der Waals surface area contributed by atoms with Gasteiger partial charge in [-0.2, -0.15) is 13.2 Å². The van der Waals surface area contributed by atoms with E-state index >= 15 is 0 Å². The van der Waals surface area contributed by atoms with Crippen LogP contribution in [-0.4, -0.2) is 153 Å². The zero-order valence-corrected chi connectivity index (χ0v) is 47.0. The molecular formula is C57H64ClF3N11O4PS. The van der Waals surface area contributed by atoms with Crippen LogP contribution in [0, 0.1) is 38.5 Å². The first-order valence-electron chi connectivity index (χ1n) is 26.5. The summed E-state index contributed by atoms with van der Waals surface area (Å²) in [5, 5.41) is 18.8. The molecule has 3 fully saturated rings. The number of halogens is 4. The van der Waals surface area contributed by atoms with Gasteiger partial charge in [0.15, 0.2) is 5.82 Å². The van der Waals surface area contributed by atoms with E-state index in [2.05, 4.69) is 51.4 Å². The second-order valence-corrected chi connectivity index (χ2v) is 26.0. The van der Waals surface area contributed by atoms with Gasteiger partial charge in [-0.05, 0) is 126 Å². The van der Waals surface area contributed by atoms with E-state index in [1.807, 2.05) is 68.7 Å². The second kappa shape index (κ2) is 22.7. The molecule has 7 heterocycles. The fourth-order valence-corrected chi connectivity index (χ4v) is 13.3. The molecule has 1 atom stereocenters. The Morgan fingerprint density at radius 3 is 2.19 bits per heavy atom. The highest BCUT2D eigenvalue weighted by Gasteiger charge is 2.37. The molecule has 15 nitrogen and oxygen atoms in total. The first-order chi connectivity index (χ1) is 37.3. The minimum absolute atomic E-state index is 0.0231. The van der Waals surface area contributed by atoms with E-state index < -0.39 is 25.9 Å². The number of nitrogens with zero attached hydrogens (tertiary/aromatic N) is 9. The Balaban J connectivity index is 0.688. The largest absolute Gasteiger partial charge is 0.406 e. The first-order valence-corrected chi connectivity index (χ1v) is 30.3. The lowest BCUT2D eigenvalue weighted by Crippen LogP contribution is -2.55. The Bertz CT molecular complexity index is 3370. The second-order valence-electron chi connectivity index (χ2n) is 21.2. The van der Waals surface area contributed by atoms with E-state index in [0.29, 0.717) is 86.9 Å². The predicted molar refractivity (Wildman–Crippen MR) is 302 cm³/mol. The van der Waals surface area contributed by atoms with Gasteiger partial charge in [0.1, 0.15) is 30.6 Å². The summed E-state index contributed by atoms with van der Waals surface area (Å²) >= 11 is 7.95. The van der Waals surface area contributed by atoms with Gasteiger partial charge in [0, 0.05) is 107 Å². The van der Waals surface area contributed by atoms with E-state index in [1.165, 1.54) is 9.44 Å². The number of anilines is 2. The molecule has 6 aromatic rings. The van der Waals surface area contributed by atoms with Crippen LogP contribution < -0.4 is 15.9 Å². The number of rotatable bonds is 12. The number of amides is 3. The number of benzene rings is 3. The molecule has 4 aliphatic heterocycles. The van der Waals surface area contributed by atoms with Crippen LogP contribution in [0.1, 0.15) is 77.1 Å². The molecule has 0 bridgehead atoms. The molecular weight excluding hydrogens is 1060 g/mol. The molecule has 4 aliphatic rings. The maximum atomic E-state index is 14.1. The first kappa shape index (κ1) is 54.9. The maximum Gasteiger partial charge on any atom is 0.406 e. The highest BCUT2D eigenvalue weighted by atomic mass is 35.5. The molecule has 2 N–H and O–H groups in total. The van der Waals surface area contributed by atoms with Gasteiger partial charge in [-0.3, -0.25) is 28.8 Å². The van der Waals surface area contributed by atoms with Crippen molar-refractivity contribution in [3.8, 4) is 16.8 Å². The van der Waals surface area contributed by atoms with Crippen LogP contribution in [0.5, 0.6) is 0 Å². The molecule has 10 rings (SSSR count). The Labute approximate surface area is 461 Å². The van der Waals surface area contributed by atoms with E-state index in [4.69, 9.17) is 16.6 Å². The minimum atomic E-state index is -4.46. The van der Waals surface area contributed by atoms with Crippen LogP contribution in [0.25, 0.3) is 15.9 Å². The van der Waals surface area contributed by atoms with Crippen LogP contribution in [0.2, 0.25) is 5.02 Å². The fourth-order valence-electron chi connectivity index (χ4n) is 11.1. The molecule has 0 radical (unpaired) electrons. The lowest BCUT2D eigenvalue weighted by Gasteiger charge is -2.39. The third-order valence-electron chi connectivity index (χ3n) is 15.5. The molecule has 3 amide bonds. The van der Waals surface area contributed by atoms with Crippen molar-refractivity contribution in [1.29, 1.82) is 0 Å². The van der Waals surface area contributed by atoms with Crippen molar-refractivity contribution in [1.82, 2.24) is 38.9 Å². The van der Waals surface area contributed by atoms with E-state index in [9.17, 15) is 32.1 Å². The number of piperazine rings is 1. The normalized spacial score (nSPS) is 17.7. The Kier molecular flexibility index (Phi) is 16.0. The molecule has 3 aromatic carbocycles. The average Bonchev–Trinajstić information content (AvgIpc) is 4.28. The molecule has 0 spiro atoms. The maximum absolute atomic E-state index is 14.1. The lowest BCUT2D eigenvalue weighted by molar-refractivity contribution is -0.145. The van der Waals surface area contributed by atoms with Crippen molar-refractivity contribution in [3.63, 3.8) is 0 Å².